The summed E-state index contributed by atoms with van der Waals surface area (Å²) >= 11 is 3.61. The molecular formula is C18H26BrNO. The molecular weight excluding hydrogens is 326 g/mol. The third-order valence-corrected chi connectivity index (χ3v) is 5.37. The van der Waals surface area contributed by atoms with Crippen molar-refractivity contribution in [2.75, 3.05) is 13.2 Å². The largest absolute Gasteiger partial charge is 0.493 e. The van der Waals surface area contributed by atoms with E-state index in [0.717, 1.165) is 43.7 Å². The number of hydrogen-bond donors (Lipinski definition) is 1. The van der Waals surface area contributed by atoms with Gasteiger partial charge in [0.15, 0.2) is 0 Å². The van der Waals surface area contributed by atoms with Gasteiger partial charge in [0.2, 0.25) is 0 Å². The first-order valence-electron chi connectivity index (χ1n) is 8.37. The Morgan fingerprint density at radius 3 is 3.10 bits per heavy atom. The number of halogens is 1. The van der Waals surface area contributed by atoms with Crippen molar-refractivity contribution in [2.45, 2.75) is 52.0 Å². The molecule has 1 aromatic carbocycles. The van der Waals surface area contributed by atoms with E-state index in [-0.39, 0.29) is 0 Å². The Labute approximate surface area is 136 Å². The van der Waals surface area contributed by atoms with Gasteiger partial charge in [0.05, 0.1) is 6.61 Å². The summed E-state index contributed by atoms with van der Waals surface area (Å²) in [6.07, 6.45) is 8.09. The standard InChI is InChI=1S/C18H26BrNO/c1-13-3-2-4-14(9-13)5-7-20-12-16-11-17(19)10-15-6-8-21-18(15)16/h10-11,13-14,20H,2-9,12H2,1H3. The van der Waals surface area contributed by atoms with Crippen molar-refractivity contribution in [2.24, 2.45) is 11.8 Å². The lowest BCUT2D eigenvalue weighted by atomic mass is 9.81. The second-order valence-corrected chi connectivity index (χ2v) is 7.67. The second kappa shape index (κ2) is 7.15. The van der Waals surface area contributed by atoms with Crippen molar-refractivity contribution in [3.8, 4) is 5.75 Å². The van der Waals surface area contributed by atoms with Gasteiger partial charge in [-0.25, -0.2) is 0 Å². The third kappa shape index (κ3) is 4.01. The number of hydrogen-bond acceptors (Lipinski definition) is 2. The minimum Gasteiger partial charge on any atom is -0.493 e. The molecule has 0 amide bonds. The van der Waals surface area contributed by atoms with Gasteiger partial charge in [-0.15, -0.1) is 0 Å². The van der Waals surface area contributed by atoms with Crippen LogP contribution in [0.1, 0.15) is 50.2 Å². The zero-order valence-electron chi connectivity index (χ0n) is 13.0. The van der Waals surface area contributed by atoms with Crippen LogP contribution in [0.3, 0.4) is 0 Å². The molecule has 116 valence electrons. The van der Waals surface area contributed by atoms with E-state index in [4.69, 9.17) is 4.74 Å². The molecule has 0 aromatic heterocycles. The van der Waals surface area contributed by atoms with Crippen LogP contribution in [-0.4, -0.2) is 13.2 Å². The van der Waals surface area contributed by atoms with Crippen LogP contribution in [-0.2, 0) is 13.0 Å². The third-order valence-electron chi connectivity index (χ3n) is 4.92. The summed E-state index contributed by atoms with van der Waals surface area (Å²) in [4.78, 5) is 0. The Balaban J connectivity index is 1.47. The summed E-state index contributed by atoms with van der Waals surface area (Å²) in [7, 11) is 0. The SMILES string of the molecule is CC1CCCC(CCNCc2cc(Br)cc3c2OCC3)C1. The topological polar surface area (TPSA) is 21.3 Å². The highest BCUT2D eigenvalue weighted by Crippen LogP contribution is 2.33. The summed E-state index contributed by atoms with van der Waals surface area (Å²) in [5.41, 5.74) is 2.65. The first-order valence-corrected chi connectivity index (χ1v) is 9.16. The summed E-state index contributed by atoms with van der Waals surface area (Å²) in [5, 5.41) is 3.62. The fourth-order valence-corrected chi connectivity index (χ4v) is 4.38. The Kier molecular flexibility index (Phi) is 5.23. The summed E-state index contributed by atoms with van der Waals surface area (Å²) in [6.45, 7) is 5.28. The van der Waals surface area contributed by atoms with Crippen LogP contribution < -0.4 is 10.1 Å². The number of rotatable bonds is 5. The molecule has 1 aliphatic carbocycles. The van der Waals surface area contributed by atoms with E-state index in [1.165, 1.54) is 47.7 Å². The molecule has 1 aromatic rings. The van der Waals surface area contributed by atoms with E-state index in [9.17, 15) is 0 Å². The Morgan fingerprint density at radius 1 is 1.33 bits per heavy atom. The highest BCUT2D eigenvalue weighted by molar-refractivity contribution is 9.10. The molecule has 21 heavy (non-hydrogen) atoms. The molecule has 1 fully saturated rings. The van der Waals surface area contributed by atoms with Gasteiger partial charge in [-0.1, -0.05) is 42.1 Å². The van der Waals surface area contributed by atoms with Gasteiger partial charge in [0.1, 0.15) is 5.75 Å². The summed E-state index contributed by atoms with van der Waals surface area (Å²) in [6, 6.07) is 4.38. The predicted octanol–water partition coefficient (Wildman–Crippen LogP) is 4.69. The van der Waals surface area contributed by atoms with Crippen LogP contribution in [0.15, 0.2) is 16.6 Å². The van der Waals surface area contributed by atoms with E-state index in [2.05, 4.69) is 40.3 Å². The minimum absolute atomic E-state index is 0.832. The van der Waals surface area contributed by atoms with Crippen molar-refractivity contribution in [3.05, 3.63) is 27.7 Å². The molecule has 2 aliphatic rings. The predicted molar refractivity (Wildman–Crippen MR) is 90.8 cm³/mol. The molecule has 3 rings (SSSR count). The highest BCUT2D eigenvalue weighted by atomic mass is 79.9. The maximum absolute atomic E-state index is 5.78. The average Bonchev–Trinajstić information content (AvgIpc) is 2.91. The minimum atomic E-state index is 0.832. The van der Waals surface area contributed by atoms with Crippen LogP contribution in [0.5, 0.6) is 5.75 Å². The van der Waals surface area contributed by atoms with Crippen molar-refractivity contribution in [1.29, 1.82) is 0 Å². The van der Waals surface area contributed by atoms with Crippen molar-refractivity contribution in [3.63, 3.8) is 0 Å². The van der Waals surface area contributed by atoms with Gasteiger partial charge in [-0.2, -0.15) is 0 Å². The van der Waals surface area contributed by atoms with E-state index >= 15 is 0 Å². The van der Waals surface area contributed by atoms with Gasteiger partial charge >= 0.3 is 0 Å². The smallest absolute Gasteiger partial charge is 0.127 e. The molecule has 1 heterocycles. The maximum atomic E-state index is 5.78. The highest BCUT2D eigenvalue weighted by Gasteiger charge is 2.19. The van der Waals surface area contributed by atoms with Gasteiger partial charge < -0.3 is 10.1 Å². The van der Waals surface area contributed by atoms with Crippen molar-refractivity contribution < 1.29 is 4.74 Å². The lowest BCUT2D eigenvalue weighted by molar-refractivity contribution is 0.267. The quantitative estimate of drug-likeness (QED) is 0.777. The second-order valence-electron chi connectivity index (χ2n) is 6.75. The Bertz CT molecular complexity index is 488. The van der Waals surface area contributed by atoms with Crippen molar-refractivity contribution >= 4 is 15.9 Å². The molecule has 2 atom stereocenters. The Hall–Kier alpha value is -0.540. The Morgan fingerprint density at radius 2 is 2.24 bits per heavy atom. The number of fused-ring (bicyclic) bond motifs is 1. The lowest BCUT2D eigenvalue weighted by Gasteiger charge is -2.26. The summed E-state index contributed by atoms with van der Waals surface area (Å²) < 4.78 is 6.96. The van der Waals surface area contributed by atoms with E-state index < -0.39 is 0 Å². The number of ether oxygens (including phenoxy) is 1. The van der Waals surface area contributed by atoms with Gasteiger partial charge in [0.25, 0.3) is 0 Å². The summed E-state index contributed by atoms with van der Waals surface area (Å²) in [5.74, 6) is 2.99. The molecule has 1 N–H and O–H groups in total. The zero-order valence-corrected chi connectivity index (χ0v) is 14.5. The molecule has 0 saturated heterocycles. The lowest BCUT2D eigenvalue weighted by Crippen LogP contribution is -2.21. The van der Waals surface area contributed by atoms with Gasteiger partial charge in [-0.05, 0) is 48.9 Å². The molecule has 2 unspecified atom stereocenters. The van der Waals surface area contributed by atoms with E-state index in [0.29, 0.717) is 0 Å². The molecule has 1 aliphatic heterocycles. The molecule has 3 heteroatoms. The van der Waals surface area contributed by atoms with Crippen LogP contribution in [0.2, 0.25) is 0 Å². The molecule has 0 radical (unpaired) electrons. The van der Waals surface area contributed by atoms with Crippen molar-refractivity contribution in [1.82, 2.24) is 5.32 Å². The van der Waals surface area contributed by atoms with E-state index in [1.54, 1.807) is 0 Å². The van der Waals surface area contributed by atoms with Crippen LogP contribution >= 0.6 is 15.9 Å². The van der Waals surface area contributed by atoms with Gasteiger partial charge in [0, 0.05) is 23.0 Å². The fraction of sp³-hybridized carbons (Fsp3) is 0.667. The average molecular weight is 352 g/mol. The first kappa shape index (κ1) is 15.4. The zero-order chi connectivity index (χ0) is 14.7. The van der Waals surface area contributed by atoms with Crippen LogP contribution in [0.4, 0.5) is 0 Å². The molecule has 2 nitrogen and oxygen atoms in total. The van der Waals surface area contributed by atoms with Crippen LogP contribution in [0.25, 0.3) is 0 Å². The number of nitrogens with one attached hydrogen (secondary N) is 1. The molecule has 0 bridgehead atoms. The van der Waals surface area contributed by atoms with E-state index in [1.807, 2.05) is 0 Å². The monoisotopic (exact) mass is 351 g/mol. The number of benzene rings is 1. The van der Waals surface area contributed by atoms with Crippen LogP contribution in [0, 0.1) is 11.8 Å². The molecule has 0 spiro atoms. The molecule has 1 saturated carbocycles. The maximum Gasteiger partial charge on any atom is 0.127 e. The normalized spacial score (nSPS) is 24.7. The fourth-order valence-electron chi connectivity index (χ4n) is 3.83. The first-order chi connectivity index (χ1) is 10.2. The van der Waals surface area contributed by atoms with Gasteiger partial charge in [-0.3, -0.25) is 0 Å².